The van der Waals surface area contributed by atoms with Crippen LogP contribution in [0, 0.1) is 0 Å². The third-order valence-corrected chi connectivity index (χ3v) is 6.13. The molecule has 28 heavy (non-hydrogen) atoms. The van der Waals surface area contributed by atoms with E-state index in [0.717, 1.165) is 55.4 Å². The zero-order valence-electron chi connectivity index (χ0n) is 16.1. The molecule has 1 saturated carbocycles. The molecule has 2 aliphatic rings. The van der Waals surface area contributed by atoms with Gasteiger partial charge in [0, 0.05) is 62.3 Å². The molecule has 0 amide bonds. The van der Waals surface area contributed by atoms with Crippen molar-refractivity contribution in [3.63, 3.8) is 0 Å². The quantitative estimate of drug-likeness (QED) is 0.345. The Morgan fingerprint density at radius 1 is 1.25 bits per heavy atom. The van der Waals surface area contributed by atoms with Gasteiger partial charge < -0.3 is 14.7 Å². The number of aliphatic imine (C=N–C) groups is 1. The molecule has 2 fully saturated rings. The molecule has 152 valence electrons. The molecule has 0 radical (unpaired) electrons. The third-order valence-electron chi connectivity index (χ3n) is 5.64. The standard InChI is InChI=1S/C20H26BrN5O.HI/c1-22-19(23-15-20(6-7-20)16-3-2-4-17(21)13-16)26-10-8-25(9-11-26)14-18-5-12-27-24-18;/h2-5,12-13H,6-11,14-15H2,1H3,(H,22,23);1H. The average molecular weight is 560 g/mol. The van der Waals surface area contributed by atoms with Crippen LogP contribution < -0.4 is 5.32 Å². The first-order valence-corrected chi connectivity index (χ1v) is 10.3. The number of benzene rings is 1. The van der Waals surface area contributed by atoms with Gasteiger partial charge in [0.2, 0.25) is 0 Å². The second kappa shape index (κ2) is 9.58. The number of nitrogens with zero attached hydrogens (tertiary/aromatic N) is 4. The molecule has 1 aromatic carbocycles. The van der Waals surface area contributed by atoms with Crippen LogP contribution in [-0.4, -0.2) is 60.7 Å². The first-order valence-electron chi connectivity index (χ1n) is 9.52. The van der Waals surface area contributed by atoms with E-state index in [9.17, 15) is 0 Å². The topological polar surface area (TPSA) is 56.9 Å². The zero-order valence-corrected chi connectivity index (χ0v) is 20.0. The van der Waals surface area contributed by atoms with E-state index in [2.05, 4.69) is 65.5 Å². The second-order valence-corrected chi connectivity index (χ2v) is 8.36. The number of rotatable bonds is 5. The van der Waals surface area contributed by atoms with Crippen LogP contribution in [-0.2, 0) is 12.0 Å². The van der Waals surface area contributed by atoms with Crippen molar-refractivity contribution < 1.29 is 4.52 Å². The van der Waals surface area contributed by atoms with E-state index in [-0.39, 0.29) is 29.4 Å². The van der Waals surface area contributed by atoms with Gasteiger partial charge in [-0.05, 0) is 30.5 Å². The maximum absolute atomic E-state index is 4.93. The predicted molar refractivity (Wildman–Crippen MR) is 125 cm³/mol. The molecular weight excluding hydrogens is 533 g/mol. The molecule has 1 N–H and O–H groups in total. The van der Waals surface area contributed by atoms with Crippen LogP contribution in [0.25, 0.3) is 0 Å². The maximum Gasteiger partial charge on any atom is 0.193 e. The van der Waals surface area contributed by atoms with Crippen molar-refractivity contribution in [2.45, 2.75) is 24.8 Å². The van der Waals surface area contributed by atoms with Crippen molar-refractivity contribution in [1.29, 1.82) is 0 Å². The Labute approximate surface area is 191 Å². The van der Waals surface area contributed by atoms with Crippen molar-refractivity contribution in [3.8, 4) is 0 Å². The van der Waals surface area contributed by atoms with E-state index in [1.807, 2.05) is 13.1 Å². The van der Waals surface area contributed by atoms with E-state index in [0.29, 0.717) is 0 Å². The van der Waals surface area contributed by atoms with Crippen molar-refractivity contribution in [2.24, 2.45) is 4.99 Å². The lowest BCUT2D eigenvalue weighted by atomic mass is 9.96. The summed E-state index contributed by atoms with van der Waals surface area (Å²) in [5.41, 5.74) is 2.67. The number of aromatic nitrogens is 1. The van der Waals surface area contributed by atoms with Gasteiger partial charge in [-0.25, -0.2) is 0 Å². The van der Waals surface area contributed by atoms with Gasteiger partial charge >= 0.3 is 0 Å². The molecule has 1 aromatic heterocycles. The van der Waals surface area contributed by atoms with Gasteiger partial charge in [0.1, 0.15) is 6.26 Å². The van der Waals surface area contributed by atoms with Crippen molar-refractivity contribution >= 4 is 45.9 Å². The fraction of sp³-hybridized carbons (Fsp3) is 0.500. The highest BCUT2D eigenvalue weighted by atomic mass is 127. The molecule has 1 aliphatic heterocycles. The highest BCUT2D eigenvalue weighted by Crippen LogP contribution is 2.48. The molecule has 0 spiro atoms. The SMILES string of the molecule is CN=C(NCC1(c2cccc(Br)c2)CC1)N1CCN(Cc2ccon2)CC1.I. The molecule has 6 nitrogen and oxygen atoms in total. The van der Waals surface area contributed by atoms with E-state index in [1.54, 1.807) is 6.26 Å². The van der Waals surface area contributed by atoms with Crippen LogP contribution in [0.1, 0.15) is 24.1 Å². The Balaban J connectivity index is 0.00000225. The highest BCUT2D eigenvalue weighted by Gasteiger charge is 2.44. The zero-order chi connectivity index (χ0) is 18.7. The number of nitrogens with one attached hydrogen (secondary N) is 1. The van der Waals surface area contributed by atoms with Crippen LogP contribution in [0.4, 0.5) is 0 Å². The van der Waals surface area contributed by atoms with Crippen LogP contribution in [0.5, 0.6) is 0 Å². The summed E-state index contributed by atoms with van der Waals surface area (Å²) in [4.78, 5) is 9.30. The lowest BCUT2D eigenvalue weighted by molar-refractivity contribution is 0.169. The summed E-state index contributed by atoms with van der Waals surface area (Å²) in [7, 11) is 1.88. The summed E-state index contributed by atoms with van der Waals surface area (Å²) in [6.45, 7) is 5.75. The Bertz CT molecular complexity index is 786. The van der Waals surface area contributed by atoms with Crippen LogP contribution in [0.3, 0.4) is 0 Å². The van der Waals surface area contributed by atoms with Crippen LogP contribution in [0.15, 0.2) is 50.6 Å². The summed E-state index contributed by atoms with van der Waals surface area (Å²) >= 11 is 3.60. The molecule has 8 heteroatoms. The van der Waals surface area contributed by atoms with Gasteiger partial charge in [-0.3, -0.25) is 9.89 Å². The maximum atomic E-state index is 4.93. The lowest BCUT2D eigenvalue weighted by Crippen LogP contribution is -2.53. The largest absolute Gasteiger partial charge is 0.364 e. The Morgan fingerprint density at radius 3 is 2.64 bits per heavy atom. The number of hydrogen-bond donors (Lipinski definition) is 1. The molecule has 2 aromatic rings. The van der Waals surface area contributed by atoms with Crippen molar-refractivity contribution in [3.05, 3.63) is 52.3 Å². The molecule has 0 atom stereocenters. The fourth-order valence-corrected chi connectivity index (χ4v) is 4.18. The number of hydrogen-bond acceptors (Lipinski definition) is 4. The first-order chi connectivity index (χ1) is 13.2. The predicted octanol–water partition coefficient (Wildman–Crippen LogP) is 3.48. The minimum Gasteiger partial charge on any atom is -0.364 e. The van der Waals surface area contributed by atoms with Gasteiger partial charge in [-0.1, -0.05) is 33.2 Å². The molecule has 0 unspecified atom stereocenters. The molecule has 1 saturated heterocycles. The Hall–Kier alpha value is -1.13. The number of piperazine rings is 1. The molecule has 0 bridgehead atoms. The van der Waals surface area contributed by atoms with Gasteiger partial charge in [-0.15, -0.1) is 24.0 Å². The van der Waals surface area contributed by atoms with E-state index >= 15 is 0 Å². The Morgan fingerprint density at radius 2 is 2.04 bits per heavy atom. The average Bonchev–Trinajstić information content (AvgIpc) is 3.31. The van der Waals surface area contributed by atoms with Crippen molar-refractivity contribution in [1.82, 2.24) is 20.3 Å². The molecule has 1 aliphatic carbocycles. The summed E-state index contributed by atoms with van der Waals surface area (Å²) < 4.78 is 6.08. The summed E-state index contributed by atoms with van der Waals surface area (Å²) in [5.74, 6) is 1.01. The normalized spacial score (nSPS) is 19.2. The lowest BCUT2D eigenvalue weighted by Gasteiger charge is -2.36. The van der Waals surface area contributed by atoms with Crippen LogP contribution in [0.2, 0.25) is 0 Å². The van der Waals surface area contributed by atoms with Gasteiger partial charge in [0.05, 0.1) is 5.69 Å². The number of guanidine groups is 1. The minimum atomic E-state index is 0. The first kappa shape index (κ1) is 21.6. The highest BCUT2D eigenvalue weighted by molar-refractivity contribution is 14.0. The number of halogens is 2. The van der Waals surface area contributed by atoms with Crippen molar-refractivity contribution in [2.75, 3.05) is 39.8 Å². The monoisotopic (exact) mass is 559 g/mol. The Kier molecular flexibility index (Phi) is 7.38. The van der Waals surface area contributed by atoms with Crippen LogP contribution >= 0.6 is 39.9 Å². The third kappa shape index (κ3) is 5.07. The van der Waals surface area contributed by atoms with E-state index in [4.69, 9.17) is 4.52 Å². The smallest absolute Gasteiger partial charge is 0.193 e. The van der Waals surface area contributed by atoms with E-state index < -0.39 is 0 Å². The summed E-state index contributed by atoms with van der Waals surface area (Å²) in [6, 6.07) is 10.6. The second-order valence-electron chi connectivity index (χ2n) is 7.45. The van der Waals surface area contributed by atoms with Gasteiger partial charge in [-0.2, -0.15) is 0 Å². The minimum absolute atomic E-state index is 0. The summed E-state index contributed by atoms with van der Waals surface area (Å²) in [6.07, 6.45) is 4.11. The van der Waals surface area contributed by atoms with Gasteiger partial charge in [0.15, 0.2) is 5.96 Å². The fourth-order valence-electron chi connectivity index (χ4n) is 3.78. The molecule has 2 heterocycles. The molecule has 4 rings (SSSR count). The van der Waals surface area contributed by atoms with E-state index in [1.165, 1.54) is 18.4 Å². The summed E-state index contributed by atoms with van der Waals surface area (Å²) in [5, 5.41) is 7.64. The van der Waals surface area contributed by atoms with Gasteiger partial charge in [0.25, 0.3) is 0 Å². The molecular formula is C20H27BrIN5O.